The topological polar surface area (TPSA) is 53.4 Å². The van der Waals surface area contributed by atoms with Gasteiger partial charge in [0.05, 0.1) is 6.20 Å². The first-order valence-electron chi connectivity index (χ1n) is 8.63. The second-order valence-electron chi connectivity index (χ2n) is 6.89. The van der Waals surface area contributed by atoms with Crippen LogP contribution in [-0.2, 0) is 7.05 Å². The SMILES string of the molecule is CS[C@H](C)CNC(=O)N(C)C[C@@H]1CCCN(C)[C@H]1c1cnn(C)c1. The van der Waals surface area contributed by atoms with Gasteiger partial charge in [-0.1, -0.05) is 6.92 Å². The lowest BCUT2D eigenvalue weighted by Gasteiger charge is -2.40. The molecule has 1 aromatic rings. The van der Waals surface area contributed by atoms with Crippen molar-refractivity contribution in [1.29, 1.82) is 0 Å². The maximum Gasteiger partial charge on any atom is 0.317 e. The van der Waals surface area contributed by atoms with Gasteiger partial charge in [0.1, 0.15) is 0 Å². The molecule has 3 atom stereocenters. The largest absolute Gasteiger partial charge is 0.337 e. The van der Waals surface area contributed by atoms with Crippen LogP contribution < -0.4 is 5.32 Å². The number of hydrogen-bond acceptors (Lipinski definition) is 4. The van der Waals surface area contributed by atoms with E-state index >= 15 is 0 Å². The van der Waals surface area contributed by atoms with Crippen molar-refractivity contribution in [3.05, 3.63) is 18.0 Å². The molecule has 136 valence electrons. The quantitative estimate of drug-likeness (QED) is 0.852. The number of hydrogen-bond donors (Lipinski definition) is 1. The summed E-state index contributed by atoms with van der Waals surface area (Å²) in [6.07, 6.45) is 8.44. The lowest BCUT2D eigenvalue weighted by atomic mass is 9.86. The summed E-state index contributed by atoms with van der Waals surface area (Å²) in [5.74, 6) is 0.432. The van der Waals surface area contributed by atoms with Gasteiger partial charge < -0.3 is 10.2 Å². The highest BCUT2D eigenvalue weighted by atomic mass is 32.2. The summed E-state index contributed by atoms with van der Waals surface area (Å²) in [7, 11) is 6.02. The highest BCUT2D eigenvalue weighted by molar-refractivity contribution is 7.99. The Bertz CT molecular complexity index is 535. The highest BCUT2D eigenvalue weighted by Gasteiger charge is 2.32. The third kappa shape index (κ3) is 4.89. The Morgan fingerprint density at radius 1 is 1.54 bits per heavy atom. The Hall–Kier alpha value is -1.21. The average molecular weight is 354 g/mol. The molecule has 0 saturated carbocycles. The average Bonchev–Trinajstić information content (AvgIpc) is 2.98. The van der Waals surface area contributed by atoms with Crippen molar-refractivity contribution in [2.75, 3.05) is 40.0 Å². The van der Waals surface area contributed by atoms with E-state index in [-0.39, 0.29) is 6.03 Å². The molecule has 2 amide bonds. The number of amides is 2. The van der Waals surface area contributed by atoms with E-state index in [0.29, 0.717) is 23.8 Å². The molecule has 1 aliphatic rings. The predicted octanol–water partition coefficient (Wildman–Crippen LogP) is 2.20. The van der Waals surface area contributed by atoms with Gasteiger partial charge in [0, 0.05) is 50.2 Å². The fraction of sp³-hybridized carbons (Fsp3) is 0.765. The zero-order valence-electron chi connectivity index (χ0n) is 15.5. The predicted molar refractivity (Wildman–Crippen MR) is 100 cm³/mol. The van der Waals surface area contributed by atoms with Crippen LogP contribution in [-0.4, -0.2) is 70.8 Å². The Kier molecular flexibility index (Phi) is 6.98. The fourth-order valence-electron chi connectivity index (χ4n) is 3.45. The van der Waals surface area contributed by atoms with Gasteiger partial charge in [-0.25, -0.2) is 4.79 Å². The van der Waals surface area contributed by atoms with Crippen molar-refractivity contribution in [3.8, 4) is 0 Å². The zero-order valence-corrected chi connectivity index (χ0v) is 16.3. The van der Waals surface area contributed by atoms with Crippen molar-refractivity contribution < 1.29 is 4.79 Å². The van der Waals surface area contributed by atoms with Crippen LogP contribution in [0.4, 0.5) is 4.79 Å². The minimum absolute atomic E-state index is 0.0223. The zero-order chi connectivity index (χ0) is 17.7. The van der Waals surface area contributed by atoms with Crippen LogP contribution in [0.15, 0.2) is 12.4 Å². The molecule has 24 heavy (non-hydrogen) atoms. The van der Waals surface area contributed by atoms with Crippen molar-refractivity contribution in [2.24, 2.45) is 13.0 Å². The molecular weight excluding hydrogens is 322 g/mol. The van der Waals surface area contributed by atoms with Crippen molar-refractivity contribution >= 4 is 17.8 Å². The van der Waals surface area contributed by atoms with Gasteiger partial charge in [0.25, 0.3) is 0 Å². The molecule has 2 heterocycles. The number of carbonyl (C=O) groups is 1. The number of piperidine rings is 1. The Labute approximate surface area is 149 Å². The third-order valence-corrected chi connectivity index (χ3v) is 5.84. The third-order valence-electron chi connectivity index (χ3n) is 4.87. The van der Waals surface area contributed by atoms with E-state index in [1.807, 2.05) is 29.9 Å². The molecule has 1 N–H and O–H groups in total. The summed E-state index contributed by atoms with van der Waals surface area (Å²) in [5.41, 5.74) is 1.24. The molecule has 0 unspecified atom stereocenters. The number of rotatable bonds is 6. The minimum Gasteiger partial charge on any atom is -0.337 e. The number of nitrogens with zero attached hydrogens (tertiary/aromatic N) is 4. The van der Waals surface area contributed by atoms with Crippen molar-refractivity contribution in [2.45, 2.75) is 31.1 Å². The number of urea groups is 1. The summed E-state index contributed by atoms with van der Waals surface area (Å²) in [6, 6.07) is 0.349. The lowest BCUT2D eigenvalue weighted by Crippen LogP contribution is -2.46. The second-order valence-corrected chi connectivity index (χ2v) is 8.16. The highest BCUT2D eigenvalue weighted by Crippen LogP contribution is 2.35. The molecule has 0 aliphatic carbocycles. The first-order chi connectivity index (χ1) is 11.4. The maximum absolute atomic E-state index is 12.3. The molecule has 0 spiro atoms. The molecular formula is C17H31N5OS. The van der Waals surface area contributed by atoms with Gasteiger partial charge in [-0.2, -0.15) is 16.9 Å². The van der Waals surface area contributed by atoms with E-state index < -0.39 is 0 Å². The molecule has 7 heteroatoms. The van der Waals surface area contributed by atoms with Crippen molar-refractivity contribution in [1.82, 2.24) is 24.9 Å². The summed E-state index contributed by atoms with van der Waals surface area (Å²) >= 11 is 1.77. The van der Waals surface area contributed by atoms with Gasteiger partial charge in [0.15, 0.2) is 0 Å². The van der Waals surface area contributed by atoms with Crippen LogP contribution in [0.3, 0.4) is 0 Å². The summed E-state index contributed by atoms with van der Waals surface area (Å²) in [4.78, 5) is 16.6. The van der Waals surface area contributed by atoms with Gasteiger partial charge in [0.2, 0.25) is 0 Å². The molecule has 0 aromatic carbocycles. The molecule has 6 nitrogen and oxygen atoms in total. The lowest BCUT2D eigenvalue weighted by molar-refractivity contribution is 0.0996. The van der Waals surface area contributed by atoms with E-state index in [1.54, 1.807) is 11.8 Å². The molecule has 1 saturated heterocycles. The van der Waals surface area contributed by atoms with Crippen molar-refractivity contribution in [3.63, 3.8) is 0 Å². The molecule has 0 bridgehead atoms. The number of likely N-dealkylation sites (tertiary alicyclic amines) is 1. The van der Waals surface area contributed by atoms with E-state index in [4.69, 9.17) is 0 Å². The normalized spacial score (nSPS) is 23.0. The molecule has 2 rings (SSSR count). The van der Waals surface area contributed by atoms with Gasteiger partial charge >= 0.3 is 6.03 Å². The number of nitrogens with one attached hydrogen (secondary N) is 1. The standard InChI is InChI=1S/C17H31N5OS/c1-13(24-5)9-18-17(23)21(3)11-14-7-6-8-20(2)16(14)15-10-19-22(4)12-15/h10,12-14,16H,6-9,11H2,1-5H3,(H,18,23)/t13-,14+,16-/m1/s1. The number of aromatic nitrogens is 2. The van der Waals surface area contributed by atoms with Crippen LogP contribution in [0.1, 0.15) is 31.4 Å². The minimum atomic E-state index is 0.0223. The summed E-state index contributed by atoms with van der Waals surface area (Å²) < 4.78 is 1.86. The molecule has 1 aliphatic heterocycles. The van der Waals surface area contributed by atoms with Crippen LogP contribution in [0.25, 0.3) is 0 Å². The molecule has 1 fully saturated rings. The Morgan fingerprint density at radius 2 is 2.29 bits per heavy atom. The van der Waals surface area contributed by atoms with E-state index in [0.717, 1.165) is 19.5 Å². The first-order valence-corrected chi connectivity index (χ1v) is 9.91. The van der Waals surface area contributed by atoms with Crippen LogP contribution >= 0.6 is 11.8 Å². The molecule has 0 radical (unpaired) electrons. The smallest absolute Gasteiger partial charge is 0.317 e. The van der Waals surface area contributed by atoms with Crippen LogP contribution in [0.2, 0.25) is 0 Å². The maximum atomic E-state index is 12.3. The van der Waals surface area contributed by atoms with Gasteiger partial charge in [-0.3, -0.25) is 9.58 Å². The van der Waals surface area contributed by atoms with Gasteiger partial charge in [-0.05, 0) is 38.6 Å². The molecule has 1 aromatic heterocycles. The van der Waals surface area contributed by atoms with E-state index in [2.05, 4.69) is 41.7 Å². The fourth-order valence-corrected chi connectivity index (χ4v) is 3.70. The Balaban J connectivity index is 1.98. The summed E-state index contributed by atoms with van der Waals surface area (Å²) in [6.45, 7) is 4.70. The van der Waals surface area contributed by atoms with Crippen LogP contribution in [0, 0.1) is 5.92 Å². The second kappa shape index (κ2) is 8.76. The van der Waals surface area contributed by atoms with E-state index in [9.17, 15) is 4.79 Å². The Morgan fingerprint density at radius 3 is 2.92 bits per heavy atom. The number of aryl methyl sites for hydroxylation is 1. The van der Waals surface area contributed by atoms with Crippen LogP contribution in [0.5, 0.6) is 0 Å². The van der Waals surface area contributed by atoms with Gasteiger partial charge in [-0.15, -0.1) is 0 Å². The van der Waals surface area contributed by atoms with E-state index in [1.165, 1.54) is 12.0 Å². The summed E-state index contributed by atoms with van der Waals surface area (Å²) in [5, 5.41) is 7.79. The first kappa shape index (κ1) is 19.1. The number of carbonyl (C=O) groups excluding carboxylic acids is 1. The monoisotopic (exact) mass is 353 g/mol. The number of thioether (sulfide) groups is 1.